The Kier molecular flexibility index (Phi) is 6.67. The van der Waals surface area contributed by atoms with Crippen molar-refractivity contribution >= 4 is 21.8 Å². The van der Waals surface area contributed by atoms with Crippen molar-refractivity contribution in [1.29, 1.82) is 0 Å². The number of hydrogen-bond acceptors (Lipinski definition) is 3. The molecule has 0 aromatic heterocycles. The summed E-state index contributed by atoms with van der Waals surface area (Å²) in [5.74, 6) is 1.08. The van der Waals surface area contributed by atoms with E-state index in [0.717, 1.165) is 75.7 Å². The number of morpholine rings is 1. The maximum absolute atomic E-state index is 13.7. The Hall–Kier alpha value is -0.910. The van der Waals surface area contributed by atoms with Crippen molar-refractivity contribution in [3.05, 3.63) is 34.3 Å². The largest absolute Gasteiger partial charge is 0.373 e. The zero-order valence-corrected chi connectivity index (χ0v) is 19.5. The molecule has 3 aliphatic rings. The number of ether oxygens (including phenoxy) is 1. The van der Waals surface area contributed by atoms with Gasteiger partial charge in [0.1, 0.15) is 0 Å². The average molecular weight is 463 g/mol. The van der Waals surface area contributed by atoms with E-state index >= 15 is 0 Å². The number of benzene rings is 1. The van der Waals surface area contributed by atoms with E-state index in [0.29, 0.717) is 24.0 Å². The summed E-state index contributed by atoms with van der Waals surface area (Å²) in [6.07, 6.45) is 7.22. The molecule has 0 spiro atoms. The van der Waals surface area contributed by atoms with Crippen LogP contribution >= 0.6 is 15.9 Å². The van der Waals surface area contributed by atoms with Gasteiger partial charge in [0, 0.05) is 37.2 Å². The molecule has 5 heteroatoms. The van der Waals surface area contributed by atoms with Crippen molar-refractivity contribution < 1.29 is 9.53 Å². The highest BCUT2D eigenvalue weighted by Crippen LogP contribution is 2.43. The van der Waals surface area contributed by atoms with Gasteiger partial charge in [0.25, 0.3) is 0 Å². The SMILES string of the molecule is CC1CN(CC2CCN(C(=O)C3(c4ccc(Br)cc4)CCCC3)CC2)CC(C)O1. The van der Waals surface area contributed by atoms with Crippen LogP contribution in [0.3, 0.4) is 0 Å². The monoisotopic (exact) mass is 462 g/mol. The molecule has 29 heavy (non-hydrogen) atoms. The third kappa shape index (κ3) is 4.72. The number of piperidine rings is 1. The molecule has 2 saturated heterocycles. The van der Waals surface area contributed by atoms with Crippen LogP contribution < -0.4 is 0 Å². The molecule has 4 rings (SSSR count). The zero-order chi connectivity index (χ0) is 20.4. The summed E-state index contributed by atoms with van der Waals surface area (Å²) in [6.45, 7) is 9.40. The van der Waals surface area contributed by atoms with Crippen LogP contribution in [0.25, 0.3) is 0 Å². The normalized spacial score (nSPS) is 28.6. The molecule has 4 nitrogen and oxygen atoms in total. The Balaban J connectivity index is 1.37. The summed E-state index contributed by atoms with van der Waals surface area (Å²) in [5.41, 5.74) is 0.921. The minimum atomic E-state index is -0.289. The summed E-state index contributed by atoms with van der Waals surface area (Å²) >= 11 is 3.53. The molecule has 1 aromatic rings. The van der Waals surface area contributed by atoms with Gasteiger partial charge < -0.3 is 9.64 Å². The minimum absolute atomic E-state index is 0.289. The molecule has 2 heterocycles. The van der Waals surface area contributed by atoms with E-state index in [-0.39, 0.29) is 5.41 Å². The van der Waals surface area contributed by atoms with Gasteiger partial charge in [0.05, 0.1) is 17.6 Å². The Bertz CT molecular complexity index is 683. The van der Waals surface area contributed by atoms with Crippen LogP contribution in [0.15, 0.2) is 28.7 Å². The summed E-state index contributed by atoms with van der Waals surface area (Å²) in [7, 11) is 0. The van der Waals surface area contributed by atoms with E-state index in [1.807, 2.05) is 0 Å². The fraction of sp³-hybridized carbons (Fsp3) is 0.708. The average Bonchev–Trinajstić information content (AvgIpc) is 3.19. The number of likely N-dealkylation sites (tertiary alicyclic amines) is 1. The fourth-order valence-electron chi connectivity index (χ4n) is 5.79. The Labute approximate surface area is 184 Å². The van der Waals surface area contributed by atoms with E-state index in [1.54, 1.807) is 0 Å². The lowest BCUT2D eigenvalue weighted by Gasteiger charge is -2.41. The number of amides is 1. The predicted octanol–water partition coefficient (Wildman–Crippen LogP) is 4.61. The molecule has 0 bridgehead atoms. The Morgan fingerprint density at radius 1 is 1.07 bits per heavy atom. The van der Waals surface area contributed by atoms with Gasteiger partial charge in [0.2, 0.25) is 5.91 Å². The highest BCUT2D eigenvalue weighted by Gasteiger charge is 2.45. The number of carbonyl (C=O) groups is 1. The standard InChI is InChI=1S/C24H35BrN2O2/c1-18-15-26(16-19(2)29-18)17-20-9-13-27(14-10-20)23(28)24(11-3-4-12-24)21-5-7-22(25)8-6-21/h5-8,18-20H,3-4,9-17H2,1-2H3. The van der Waals surface area contributed by atoms with E-state index in [2.05, 4.69) is 63.8 Å². The van der Waals surface area contributed by atoms with Crippen LogP contribution in [0.2, 0.25) is 0 Å². The number of carbonyl (C=O) groups excluding carboxylic acids is 1. The van der Waals surface area contributed by atoms with Crippen molar-refractivity contribution in [2.24, 2.45) is 5.92 Å². The summed E-state index contributed by atoms with van der Waals surface area (Å²) < 4.78 is 6.95. The van der Waals surface area contributed by atoms with Gasteiger partial charge >= 0.3 is 0 Å². The molecule has 2 atom stereocenters. The first-order chi connectivity index (χ1) is 14.0. The predicted molar refractivity (Wildman–Crippen MR) is 120 cm³/mol. The van der Waals surface area contributed by atoms with Crippen LogP contribution in [-0.2, 0) is 14.9 Å². The first kappa shape index (κ1) is 21.3. The first-order valence-corrected chi connectivity index (χ1v) is 12.2. The van der Waals surface area contributed by atoms with Crippen LogP contribution in [0.5, 0.6) is 0 Å². The highest BCUT2D eigenvalue weighted by molar-refractivity contribution is 9.10. The van der Waals surface area contributed by atoms with Crippen LogP contribution in [0, 0.1) is 5.92 Å². The molecular formula is C24H35BrN2O2. The van der Waals surface area contributed by atoms with Crippen LogP contribution in [0.1, 0.15) is 57.9 Å². The van der Waals surface area contributed by atoms with Gasteiger partial charge in [-0.15, -0.1) is 0 Å². The number of hydrogen-bond donors (Lipinski definition) is 0. The lowest BCUT2D eigenvalue weighted by Crippen LogP contribution is -2.51. The lowest BCUT2D eigenvalue weighted by atomic mass is 9.77. The molecule has 2 unspecified atom stereocenters. The molecule has 1 amide bonds. The summed E-state index contributed by atoms with van der Waals surface area (Å²) in [4.78, 5) is 18.4. The second-order valence-electron chi connectivity index (χ2n) is 9.51. The molecule has 1 aliphatic carbocycles. The van der Waals surface area contributed by atoms with Crippen molar-refractivity contribution in [3.63, 3.8) is 0 Å². The topological polar surface area (TPSA) is 32.8 Å². The zero-order valence-electron chi connectivity index (χ0n) is 17.9. The van der Waals surface area contributed by atoms with Gasteiger partial charge in [-0.2, -0.15) is 0 Å². The molecule has 0 radical (unpaired) electrons. The van der Waals surface area contributed by atoms with Crippen LogP contribution in [0.4, 0.5) is 0 Å². The maximum atomic E-state index is 13.7. The third-order valence-corrected chi connectivity index (χ3v) is 7.71. The molecule has 0 N–H and O–H groups in total. The number of nitrogens with zero attached hydrogens (tertiary/aromatic N) is 2. The number of halogens is 1. The molecule has 160 valence electrons. The lowest BCUT2D eigenvalue weighted by molar-refractivity contribution is -0.139. The van der Waals surface area contributed by atoms with E-state index in [9.17, 15) is 4.79 Å². The van der Waals surface area contributed by atoms with Crippen molar-refractivity contribution in [1.82, 2.24) is 9.80 Å². The van der Waals surface area contributed by atoms with Gasteiger partial charge in [0.15, 0.2) is 0 Å². The Morgan fingerprint density at radius 2 is 1.66 bits per heavy atom. The van der Waals surface area contributed by atoms with Gasteiger partial charge in [-0.3, -0.25) is 9.69 Å². The van der Waals surface area contributed by atoms with E-state index in [1.165, 1.54) is 5.56 Å². The quantitative estimate of drug-likeness (QED) is 0.654. The molecule has 1 saturated carbocycles. The molecule has 3 fully saturated rings. The summed E-state index contributed by atoms with van der Waals surface area (Å²) in [6, 6.07) is 8.47. The van der Waals surface area contributed by atoms with Gasteiger partial charge in [-0.1, -0.05) is 40.9 Å². The maximum Gasteiger partial charge on any atom is 0.233 e. The van der Waals surface area contributed by atoms with Crippen molar-refractivity contribution in [2.75, 3.05) is 32.7 Å². The smallest absolute Gasteiger partial charge is 0.233 e. The van der Waals surface area contributed by atoms with Crippen molar-refractivity contribution in [3.8, 4) is 0 Å². The first-order valence-electron chi connectivity index (χ1n) is 11.4. The van der Waals surface area contributed by atoms with Gasteiger partial charge in [-0.05, 0) is 63.1 Å². The third-order valence-electron chi connectivity index (χ3n) is 7.18. The van der Waals surface area contributed by atoms with E-state index in [4.69, 9.17) is 4.74 Å². The van der Waals surface area contributed by atoms with Crippen molar-refractivity contribution in [2.45, 2.75) is 70.0 Å². The molecular weight excluding hydrogens is 428 g/mol. The summed E-state index contributed by atoms with van der Waals surface area (Å²) in [5, 5.41) is 0. The second-order valence-corrected chi connectivity index (χ2v) is 10.4. The van der Waals surface area contributed by atoms with E-state index < -0.39 is 0 Å². The number of rotatable bonds is 4. The Morgan fingerprint density at radius 3 is 2.24 bits per heavy atom. The second kappa shape index (κ2) is 9.07. The molecule has 2 aliphatic heterocycles. The molecule has 1 aromatic carbocycles. The van der Waals surface area contributed by atoms with Crippen LogP contribution in [-0.4, -0.2) is 60.6 Å². The minimum Gasteiger partial charge on any atom is -0.373 e. The highest BCUT2D eigenvalue weighted by atomic mass is 79.9. The van der Waals surface area contributed by atoms with Gasteiger partial charge in [-0.25, -0.2) is 0 Å². The fourth-order valence-corrected chi connectivity index (χ4v) is 6.06.